The van der Waals surface area contributed by atoms with E-state index in [2.05, 4.69) is 6.92 Å². The van der Waals surface area contributed by atoms with Gasteiger partial charge in [-0.3, -0.25) is 0 Å². The number of nitrogens with two attached hydrogens (primary N) is 1. The Balaban J connectivity index is 2.81. The van der Waals surface area contributed by atoms with E-state index in [1.807, 2.05) is 17.5 Å². The van der Waals surface area contributed by atoms with E-state index >= 15 is 0 Å². The summed E-state index contributed by atoms with van der Waals surface area (Å²) in [5.74, 6) is 0. The first-order valence-corrected chi connectivity index (χ1v) is 5.54. The molecule has 0 fully saturated rings. The molecule has 14 heavy (non-hydrogen) atoms. The lowest BCUT2D eigenvalue weighted by atomic mass is 10.0. The minimum absolute atomic E-state index is 0.0917. The zero-order chi connectivity index (χ0) is 10.1. The Bertz CT molecular complexity index is 462. The number of nitrogen functional groups attached to an aromatic ring is 1. The summed E-state index contributed by atoms with van der Waals surface area (Å²) in [7, 11) is 0. The summed E-state index contributed by atoms with van der Waals surface area (Å²) in [6.45, 7) is 2.18. The average Bonchev–Trinajstić information content (AvgIpc) is 2.59. The molecule has 3 heteroatoms. The van der Waals surface area contributed by atoms with Crippen LogP contribution in [0.2, 0.25) is 0 Å². The summed E-state index contributed by atoms with van der Waals surface area (Å²) in [5, 5.41) is 12.3. The van der Waals surface area contributed by atoms with E-state index in [1.165, 1.54) is 10.3 Å². The average molecular weight is 207 g/mol. The van der Waals surface area contributed by atoms with E-state index in [4.69, 9.17) is 5.73 Å². The fourth-order valence-corrected chi connectivity index (χ4v) is 2.70. The Morgan fingerprint density at radius 3 is 2.86 bits per heavy atom. The van der Waals surface area contributed by atoms with Crippen molar-refractivity contribution in [2.75, 3.05) is 5.73 Å². The molecule has 1 aromatic heterocycles. The third kappa shape index (κ3) is 1.29. The first-order chi connectivity index (χ1) is 6.77. The zero-order valence-corrected chi connectivity index (χ0v) is 8.90. The van der Waals surface area contributed by atoms with Gasteiger partial charge < -0.3 is 10.8 Å². The minimum Gasteiger partial charge on any atom is -0.398 e. The van der Waals surface area contributed by atoms with Crippen LogP contribution in [0.4, 0.5) is 5.69 Å². The highest BCUT2D eigenvalue weighted by atomic mass is 32.1. The van der Waals surface area contributed by atoms with Crippen molar-refractivity contribution in [3.8, 4) is 0 Å². The molecule has 1 aromatic carbocycles. The first-order valence-electron chi connectivity index (χ1n) is 4.66. The molecule has 0 spiro atoms. The Morgan fingerprint density at radius 2 is 2.21 bits per heavy atom. The van der Waals surface area contributed by atoms with Crippen LogP contribution >= 0.6 is 11.3 Å². The topological polar surface area (TPSA) is 46.2 Å². The number of aliphatic hydroxyl groups is 1. The van der Waals surface area contributed by atoms with Crippen molar-refractivity contribution in [2.24, 2.45) is 0 Å². The van der Waals surface area contributed by atoms with Crippen molar-refractivity contribution >= 4 is 27.1 Å². The first kappa shape index (κ1) is 9.49. The van der Waals surface area contributed by atoms with Gasteiger partial charge in [0, 0.05) is 15.5 Å². The van der Waals surface area contributed by atoms with Gasteiger partial charge in [0.2, 0.25) is 0 Å². The maximum atomic E-state index is 9.20. The summed E-state index contributed by atoms with van der Waals surface area (Å²) in [5.41, 5.74) is 8.91. The lowest BCUT2D eigenvalue weighted by molar-refractivity contribution is 0.281. The van der Waals surface area contributed by atoms with Crippen molar-refractivity contribution in [1.82, 2.24) is 0 Å². The molecule has 3 N–H and O–H groups in total. The number of hydrogen-bond acceptors (Lipinski definition) is 3. The maximum Gasteiger partial charge on any atom is 0.0684 e. The molecule has 0 saturated carbocycles. The molecule has 2 nitrogen and oxygen atoms in total. The van der Waals surface area contributed by atoms with Crippen LogP contribution in [0.25, 0.3) is 10.1 Å². The predicted molar refractivity (Wildman–Crippen MR) is 61.5 cm³/mol. The lowest BCUT2D eigenvalue weighted by Gasteiger charge is -2.07. The van der Waals surface area contributed by atoms with Crippen LogP contribution in [0.3, 0.4) is 0 Å². The van der Waals surface area contributed by atoms with Crippen LogP contribution in [0.15, 0.2) is 17.5 Å². The number of thiophene rings is 1. The second-order valence-electron chi connectivity index (χ2n) is 3.28. The fourth-order valence-electron chi connectivity index (χ4n) is 1.82. The fraction of sp³-hybridized carbons (Fsp3) is 0.273. The van der Waals surface area contributed by atoms with E-state index in [9.17, 15) is 5.11 Å². The van der Waals surface area contributed by atoms with Gasteiger partial charge in [0.15, 0.2) is 0 Å². The molecule has 1 heterocycles. The highest BCUT2D eigenvalue weighted by Crippen LogP contribution is 2.33. The molecule has 0 radical (unpaired) electrons. The van der Waals surface area contributed by atoms with E-state index in [0.29, 0.717) is 0 Å². The molecule has 0 aliphatic carbocycles. The number of rotatable bonds is 2. The van der Waals surface area contributed by atoms with Crippen molar-refractivity contribution in [3.63, 3.8) is 0 Å². The summed E-state index contributed by atoms with van der Waals surface area (Å²) >= 11 is 1.66. The predicted octanol–water partition coefficient (Wildman–Crippen LogP) is 2.54. The van der Waals surface area contributed by atoms with E-state index < -0.39 is 0 Å². The molecule has 74 valence electrons. The third-order valence-corrected chi connectivity index (χ3v) is 3.46. The molecule has 0 aliphatic rings. The van der Waals surface area contributed by atoms with Crippen molar-refractivity contribution in [2.45, 2.75) is 20.0 Å². The van der Waals surface area contributed by atoms with Gasteiger partial charge in [0.1, 0.15) is 0 Å². The van der Waals surface area contributed by atoms with E-state index in [1.54, 1.807) is 11.3 Å². The van der Waals surface area contributed by atoms with Gasteiger partial charge in [-0.1, -0.05) is 13.0 Å². The highest BCUT2D eigenvalue weighted by Gasteiger charge is 2.09. The summed E-state index contributed by atoms with van der Waals surface area (Å²) in [6.07, 6.45) is 0.911. The maximum absolute atomic E-state index is 9.20. The quantitative estimate of drug-likeness (QED) is 0.795. The van der Waals surface area contributed by atoms with Gasteiger partial charge in [0.05, 0.1) is 12.3 Å². The zero-order valence-electron chi connectivity index (χ0n) is 8.08. The highest BCUT2D eigenvalue weighted by molar-refractivity contribution is 7.17. The molecule has 0 bridgehead atoms. The Kier molecular flexibility index (Phi) is 2.44. The Morgan fingerprint density at radius 1 is 1.43 bits per heavy atom. The van der Waals surface area contributed by atoms with Crippen LogP contribution in [0.5, 0.6) is 0 Å². The minimum atomic E-state index is 0.0917. The molecule has 0 atom stereocenters. The summed E-state index contributed by atoms with van der Waals surface area (Å²) in [6, 6.07) is 4.01. The molecule has 0 aliphatic heterocycles. The SMILES string of the molecule is CCc1c(CO)ccc2scc(N)c12. The normalized spacial score (nSPS) is 11.0. The number of aryl methyl sites for hydroxylation is 1. The summed E-state index contributed by atoms with van der Waals surface area (Å²) < 4.78 is 1.21. The number of anilines is 1. The molecular weight excluding hydrogens is 194 g/mol. The largest absolute Gasteiger partial charge is 0.398 e. The van der Waals surface area contributed by atoms with Crippen LogP contribution in [-0.4, -0.2) is 5.11 Å². The second kappa shape index (κ2) is 3.59. The van der Waals surface area contributed by atoms with E-state index in [-0.39, 0.29) is 6.61 Å². The van der Waals surface area contributed by atoms with Crippen LogP contribution in [0, 0.1) is 0 Å². The van der Waals surface area contributed by atoms with Gasteiger partial charge in [-0.15, -0.1) is 11.3 Å². The van der Waals surface area contributed by atoms with Gasteiger partial charge in [-0.2, -0.15) is 0 Å². The monoisotopic (exact) mass is 207 g/mol. The van der Waals surface area contributed by atoms with E-state index in [0.717, 1.165) is 23.1 Å². The van der Waals surface area contributed by atoms with Gasteiger partial charge >= 0.3 is 0 Å². The molecule has 0 unspecified atom stereocenters. The van der Waals surface area contributed by atoms with Crippen LogP contribution in [0.1, 0.15) is 18.1 Å². The third-order valence-electron chi connectivity index (χ3n) is 2.50. The molecule has 2 rings (SSSR count). The van der Waals surface area contributed by atoms with Gasteiger partial charge in [0.25, 0.3) is 0 Å². The molecular formula is C11H13NOS. The van der Waals surface area contributed by atoms with Crippen molar-refractivity contribution in [3.05, 3.63) is 28.6 Å². The summed E-state index contributed by atoms with van der Waals surface area (Å²) in [4.78, 5) is 0. The molecule has 0 saturated heterocycles. The molecule has 0 amide bonds. The number of aliphatic hydroxyl groups excluding tert-OH is 1. The Labute approximate surface area is 87.0 Å². The smallest absolute Gasteiger partial charge is 0.0684 e. The second-order valence-corrected chi connectivity index (χ2v) is 4.19. The van der Waals surface area contributed by atoms with Crippen LogP contribution < -0.4 is 5.73 Å². The lowest BCUT2D eigenvalue weighted by Crippen LogP contribution is -1.94. The van der Waals surface area contributed by atoms with Crippen LogP contribution in [-0.2, 0) is 13.0 Å². The van der Waals surface area contributed by atoms with Gasteiger partial charge in [-0.25, -0.2) is 0 Å². The molecule has 2 aromatic rings. The van der Waals surface area contributed by atoms with Crippen molar-refractivity contribution in [1.29, 1.82) is 0 Å². The number of fused-ring (bicyclic) bond motifs is 1. The van der Waals surface area contributed by atoms with Gasteiger partial charge in [-0.05, 0) is 23.6 Å². The Hall–Kier alpha value is -1.06. The van der Waals surface area contributed by atoms with Crippen molar-refractivity contribution < 1.29 is 5.11 Å². The standard InChI is InChI=1S/C11H13NOS/c1-2-8-7(5-13)3-4-10-11(8)9(12)6-14-10/h3-4,6,13H,2,5,12H2,1H3. The number of benzene rings is 1. The number of hydrogen-bond donors (Lipinski definition) is 2.